The van der Waals surface area contributed by atoms with Crippen LogP contribution in [-0.2, 0) is 32.1 Å². The molecule has 0 amide bonds. The normalized spacial score (nSPS) is 16.7. The molecule has 4 rings (SSSR count). The van der Waals surface area contributed by atoms with Crippen LogP contribution >= 0.6 is 11.6 Å². The number of aromatic nitrogens is 2. The summed E-state index contributed by atoms with van der Waals surface area (Å²) in [4.78, 5) is 44.5. The summed E-state index contributed by atoms with van der Waals surface area (Å²) in [6.45, 7) is 5.77. The summed E-state index contributed by atoms with van der Waals surface area (Å²) in [5.74, 6) is -4.03. The second-order valence-corrected chi connectivity index (χ2v) is 9.73. The van der Waals surface area contributed by atoms with Crippen molar-refractivity contribution < 1.29 is 34.2 Å². The number of carboxylic acids is 2. The van der Waals surface area contributed by atoms with Crippen LogP contribution < -0.4 is 15.6 Å². The SMILES string of the molecule is CCOC(=O)C1CC[NH+](CCCn2nc(Cc3ccc(Cl)cc3)c3ccccc3c2=O)CC1.O=C([O-])C(=O)O. The fourth-order valence-corrected chi connectivity index (χ4v) is 4.76. The number of carboxylic acid groups (broad SMARTS) is 2. The summed E-state index contributed by atoms with van der Waals surface area (Å²) in [6.07, 6.45) is 3.25. The topological polar surface area (TPSA) is 143 Å². The number of aryl methyl sites for hydroxylation is 1. The molecule has 0 spiro atoms. The predicted molar refractivity (Wildman–Crippen MR) is 142 cm³/mol. The lowest BCUT2D eigenvalue weighted by atomic mass is 9.97. The highest BCUT2D eigenvalue weighted by atomic mass is 35.5. The van der Waals surface area contributed by atoms with E-state index in [9.17, 15) is 9.59 Å². The van der Waals surface area contributed by atoms with Crippen LogP contribution in [0.15, 0.2) is 53.3 Å². The molecule has 0 saturated carbocycles. The van der Waals surface area contributed by atoms with Crippen molar-refractivity contribution in [1.29, 1.82) is 0 Å². The van der Waals surface area contributed by atoms with Gasteiger partial charge < -0.3 is 24.6 Å². The molecule has 0 aliphatic carbocycles. The number of ether oxygens (including phenoxy) is 1. The molecule has 0 radical (unpaired) electrons. The zero-order valence-electron chi connectivity index (χ0n) is 21.7. The van der Waals surface area contributed by atoms with Crippen molar-refractivity contribution in [2.24, 2.45) is 5.92 Å². The monoisotopic (exact) mass is 557 g/mol. The minimum atomic E-state index is -2.07. The quantitative estimate of drug-likeness (QED) is 0.304. The van der Waals surface area contributed by atoms with Gasteiger partial charge in [0.05, 0.1) is 49.8 Å². The molecule has 0 unspecified atom stereocenters. The number of hydrogen-bond donors (Lipinski definition) is 2. The number of benzene rings is 2. The number of piperidine rings is 1. The molecule has 10 nitrogen and oxygen atoms in total. The van der Waals surface area contributed by atoms with Crippen LogP contribution in [0.25, 0.3) is 10.8 Å². The van der Waals surface area contributed by atoms with E-state index in [1.807, 2.05) is 55.5 Å². The van der Waals surface area contributed by atoms with Crippen LogP contribution in [0.3, 0.4) is 0 Å². The van der Waals surface area contributed by atoms with E-state index in [2.05, 4.69) is 0 Å². The largest absolute Gasteiger partial charge is 0.539 e. The number of nitrogens with zero attached hydrogens (tertiary/aromatic N) is 2. The number of halogens is 1. The molecule has 1 aromatic heterocycles. The maximum Gasteiger partial charge on any atom is 0.351 e. The number of fused-ring (bicyclic) bond motifs is 1. The first-order chi connectivity index (χ1) is 18.7. The Morgan fingerprint density at radius 1 is 1.10 bits per heavy atom. The van der Waals surface area contributed by atoms with Crippen LogP contribution in [0.1, 0.15) is 37.4 Å². The second-order valence-electron chi connectivity index (χ2n) is 9.30. The molecule has 1 saturated heterocycles. The maximum absolute atomic E-state index is 13.1. The molecule has 1 aliphatic heterocycles. The summed E-state index contributed by atoms with van der Waals surface area (Å²) in [7, 11) is 0. The van der Waals surface area contributed by atoms with Gasteiger partial charge in [0.2, 0.25) is 0 Å². The van der Waals surface area contributed by atoms with E-state index >= 15 is 0 Å². The molecule has 2 aromatic carbocycles. The Morgan fingerprint density at radius 3 is 2.31 bits per heavy atom. The third-order valence-corrected chi connectivity index (χ3v) is 6.87. The van der Waals surface area contributed by atoms with E-state index in [0.29, 0.717) is 30.0 Å². The van der Waals surface area contributed by atoms with Gasteiger partial charge in [0.25, 0.3) is 5.56 Å². The van der Waals surface area contributed by atoms with E-state index < -0.39 is 11.9 Å². The molecule has 2 heterocycles. The Hall–Kier alpha value is -3.76. The molecule has 0 bridgehead atoms. The third kappa shape index (κ3) is 8.62. The lowest BCUT2D eigenvalue weighted by Crippen LogP contribution is -3.13. The van der Waals surface area contributed by atoms with E-state index in [0.717, 1.165) is 55.5 Å². The first kappa shape index (κ1) is 29.8. The number of esters is 1. The smallest absolute Gasteiger partial charge is 0.351 e. The van der Waals surface area contributed by atoms with E-state index in [1.54, 1.807) is 4.68 Å². The lowest BCUT2D eigenvalue weighted by Gasteiger charge is -2.28. The van der Waals surface area contributed by atoms with Gasteiger partial charge in [-0.25, -0.2) is 9.48 Å². The third-order valence-electron chi connectivity index (χ3n) is 6.62. The Morgan fingerprint density at radius 2 is 1.72 bits per heavy atom. The number of likely N-dealkylation sites (tertiary alicyclic amines) is 1. The first-order valence-corrected chi connectivity index (χ1v) is 13.2. The Bertz CT molecular complexity index is 1340. The Labute approximate surface area is 230 Å². The van der Waals surface area contributed by atoms with Gasteiger partial charge >= 0.3 is 11.9 Å². The molecule has 2 N–H and O–H groups in total. The lowest BCUT2D eigenvalue weighted by molar-refractivity contribution is -0.906. The summed E-state index contributed by atoms with van der Waals surface area (Å²) in [5, 5.41) is 23.4. The van der Waals surface area contributed by atoms with Gasteiger partial charge in [-0.2, -0.15) is 5.10 Å². The highest BCUT2D eigenvalue weighted by Gasteiger charge is 2.28. The van der Waals surface area contributed by atoms with Crippen LogP contribution in [0, 0.1) is 5.92 Å². The highest BCUT2D eigenvalue weighted by Crippen LogP contribution is 2.18. The number of rotatable bonds is 8. The average Bonchev–Trinajstić information content (AvgIpc) is 2.93. The van der Waals surface area contributed by atoms with Gasteiger partial charge in [0.15, 0.2) is 5.97 Å². The molecule has 0 atom stereocenters. The van der Waals surface area contributed by atoms with E-state index in [4.69, 9.17) is 41.2 Å². The minimum absolute atomic E-state index is 0.0360. The van der Waals surface area contributed by atoms with Crippen LogP contribution in [-0.4, -0.2) is 59.0 Å². The van der Waals surface area contributed by atoms with Crippen molar-refractivity contribution in [3.8, 4) is 0 Å². The summed E-state index contributed by atoms with van der Waals surface area (Å²) in [5.41, 5.74) is 1.97. The number of hydrogen-bond acceptors (Lipinski definition) is 7. The number of quaternary nitrogens is 1. The van der Waals surface area contributed by atoms with Gasteiger partial charge in [-0.05, 0) is 30.7 Å². The molecular formula is C28H32ClN3O7. The zero-order chi connectivity index (χ0) is 28.4. The van der Waals surface area contributed by atoms with Crippen molar-refractivity contribution in [2.45, 2.75) is 39.2 Å². The van der Waals surface area contributed by atoms with Crippen molar-refractivity contribution in [3.63, 3.8) is 0 Å². The molecule has 1 aliphatic rings. The maximum atomic E-state index is 13.1. The fraction of sp³-hybridized carbons (Fsp3) is 0.393. The van der Waals surface area contributed by atoms with Gasteiger partial charge in [-0.15, -0.1) is 0 Å². The average molecular weight is 558 g/mol. The fourth-order valence-electron chi connectivity index (χ4n) is 4.63. The number of carbonyl (C=O) groups excluding carboxylic acids is 2. The zero-order valence-corrected chi connectivity index (χ0v) is 22.5. The van der Waals surface area contributed by atoms with Gasteiger partial charge in [-0.3, -0.25) is 9.59 Å². The molecule has 11 heteroatoms. The van der Waals surface area contributed by atoms with Crippen molar-refractivity contribution in [2.75, 3.05) is 26.2 Å². The predicted octanol–water partition coefficient (Wildman–Crippen LogP) is 0.710. The van der Waals surface area contributed by atoms with Crippen molar-refractivity contribution in [3.05, 3.63) is 75.2 Å². The summed E-state index contributed by atoms with van der Waals surface area (Å²) < 4.78 is 6.79. The summed E-state index contributed by atoms with van der Waals surface area (Å²) >= 11 is 6.03. The van der Waals surface area contributed by atoms with Crippen molar-refractivity contribution in [1.82, 2.24) is 9.78 Å². The van der Waals surface area contributed by atoms with Gasteiger partial charge in [0.1, 0.15) is 0 Å². The molecule has 3 aromatic rings. The van der Waals surface area contributed by atoms with Crippen LogP contribution in [0.2, 0.25) is 5.02 Å². The Balaban J connectivity index is 0.000000631. The minimum Gasteiger partial charge on any atom is -0.539 e. The van der Waals surface area contributed by atoms with Crippen LogP contribution in [0.5, 0.6) is 0 Å². The highest BCUT2D eigenvalue weighted by molar-refractivity contribution is 6.30. The Kier molecular flexibility index (Phi) is 11.0. The standard InChI is InChI=1S/C26H30ClN3O3.C2H2O4/c1-2-33-26(32)20-12-16-29(17-13-20)14-5-15-30-25(31)23-7-4-3-6-22(23)24(28-30)18-19-8-10-21(27)11-9-19;3-1(4)2(5)6/h3-4,6-11,20H,2,5,12-18H2,1H3;(H,3,4)(H,5,6). The van der Waals surface area contributed by atoms with Gasteiger partial charge in [0, 0.05) is 36.1 Å². The number of nitrogens with one attached hydrogen (secondary N) is 1. The van der Waals surface area contributed by atoms with Gasteiger partial charge in [-0.1, -0.05) is 41.9 Å². The number of carbonyl (C=O) groups is 3. The van der Waals surface area contributed by atoms with E-state index in [1.165, 1.54) is 4.90 Å². The second kappa shape index (κ2) is 14.4. The van der Waals surface area contributed by atoms with Crippen molar-refractivity contribution >= 4 is 40.3 Å². The first-order valence-electron chi connectivity index (χ1n) is 12.9. The van der Waals surface area contributed by atoms with E-state index in [-0.39, 0.29) is 17.4 Å². The molecule has 39 heavy (non-hydrogen) atoms. The molecule has 208 valence electrons. The summed E-state index contributed by atoms with van der Waals surface area (Å²) in [6, 6.07) is 15.4. The number of aliphatic carboxylic acids is 2. The molecular weight excluding hydrogens is 526 g/mol. The van der Waals surface area contributed by atoms with Crippen LogP contribution in [0.4, 0.5) is 0 Å². The molecule has 1 fully saturated rings.